The number of rotatable bonds is 3. The quantitative estimate of drug-likeness (QED) is 0.876. The highest BCUT2D eigenvalue weighted by atomic mass is 32.1. The Morgan fingerprint density at radius 1 is 1.22 bits per heavy atom. The molecule has 0 amide bonds. The maximum Gasteiger partial charge on any atom is 0.0107 e. The zero-order chi connectivity index (χ0) is 12.2. The van der Waals surface area contributed by atoms with E-state index in [1.807, 2.05) is 11.3 Å². The van der Waals surface area contributed by atoms with Crippen LogP contribution >= 0.6 is 11.3 Å². The van der Waals surface area contributed by atoms with Gasteiger partial charge in [0.1, 0.15) is 0 Å². The summed E-state index contributed by atoms with van der Waals surface area (Å²) in [5.41, 5.74) is 7.08. The molecule has 0 aliphatic heterocycles. The molecule has 0 spiro atoms. The summed E-state index contributed by atoms with van der Waals surface area (Å²) in [6, 6.07) is 4.64. The van der Waals surface area contributed by atoms with E-state index in [4.69, 9.17) is 5.73 Å². The highest BCUT2D eigenvalue weighted by molar-refractivity contribution is 7.10. The van der Waals surface area contributed by atoms with Crippen LogP contribution in [0, 0.1) is 17.3 Å². The Balaban J connectivity index is 1.74. The van der Waals surface area contributed by atoms with Gasteiger partial charge < -0.3 is 5.73 Å². The summed E-state index contributed by atoms with van der Waals surface area (Å²) in [5, 5.41) is 2.27. The first-order chi connectivity index (χ1) is 8.74. The highest BCUT2D eigenvalue weighted by Gasteiger charge is 2.57. The summed E-state index contributed by atoms with van der Waals surface area (Å²) in [5.74, 6) is 2.00. The molecule has 0 radical (unpaired) electrons. The second-order valence-electron chi connectivity index (χ2n) is 7.26. The number of thiophene rings is 1. The first-order valence-electron chi connectivity index (χ1n) is 7.48. The fourth-order valence-corrected chi connectivity index (χ4v) is 6.87. The molecule has 5 rings (SSSR count). The molecular formula is C16H23NS. The maximum absolute atomic E-state index is 5.91. The van der Waals surface area contributed by atoms with Gasteiger partial charge in [-0.1, -0.05) is 6.07 Å². The summed E-state index contributed by atoms with van der Waals surface area (Å²) in [7, 11) is 0. The largest absolute Gasteiger partial charge is 0.330 e. The van der Waals surface area contributed by atoms with Crippen LogP contribution in [-0.2, 0) is 5.41 Å². The van der Waals surface area contributed by atoms with Gasteiger partial charge in [0.2, 0.25) is 0 Å². The Hall–Kier alpha value is -0.340. The number of hydrogen-bond acceptors (Lipinski definition) is 2. The Morgan fingerprint density at radius 3 is 2.61 bits per heavy atom. The molecule has 2 N–H and O–H groups in total. The van der Waals surface area contributed by atoms with Crippen molar-refractivity contribution in [3.8, 4) is 0 Å². The van der Waals surface area contributed by atoms with Crippen molar-refractivity contribution in [2.24, 2.45) is 23.0 Å². The normalized spacial score (nSPS) is 45.6. The van der Waals surface area contributed by atoms with Crippen molar-refractivity contribution in [3.63, 3.8) is 0 Å². The average Bonchev–Trinajstić information content (AvgIpc) is 2.80. The minimum Gasteiger partial charge on any atom is -0.330 e. The van der Waals surface area contributed by atoms with Crippen molar-refractivity contribution in [3.05, 3.63) is 22.4 Å². The Kier molecular flexibility index (Phi) is 2.44. The zero-order valence-electron chi connectivity index (χ0n) is 11.0. The molecule has 18 heavy (non-hydrogen) atoms. The van der Waals surface area contributed by atoms with Gasteiger partial charge in [-0.25, -0.2) is 0 Å². The monoisotopic (exact) mass is 261 g/mol. The van der Waals surface area contributed by atoms with Crippen molar-refractivity contribution >= 4 is 11.3 Å². The molecule has 98 valence electrons. The summed E-state index contributed by atoms with van der Waals surface area (Å²) >= 11 is 2.00. The molecule has 0 aromatic carbocycles. The Morgan fingerprint density at radius 2 is 2.00 bits per heavy atom. The summed E-state index contributed by atoms with van der Waals surface area (Å²) in [6.45, 7) is 0.889. The standard InChI is InChI=1S/C16H23NS/c17-4-3-15-7-12-6-13(8-15)10-16(9-12,11-15)14-2-1-5-18-14/h1-2,5,12-13H,3-4,6-11,17H2. The van der Waals surface area contributed by atoms with Crippen LogP contribution in [0.25, 0.3) is 0 Å². The second kappa shape index (κ2) is 3.83. The van der Waals surface area contributed by atoms with Gasteiger partial charge in [-0.05, 0) is 80.2 Å². The van der Waals surface area contributed by atoms with Crippen LogP contribution < -0.4 is 5.73 Å². The molecule has 4 aliphatic rings. The first kappa shape index (κ1) is 11.5. The molecule has 2 atom stereocenters. The van der Waals surface area contributed by atoms with Gasteiger partial charge in [-0.3, -0.25) is 0 Å². The SMILES string of the molecule is NCCC12CC3CC(C1)CC(c1cccs1)(C3)C2. The second-order valence-corrected chi connectivity index (χ2v) is 8.21. The van der Waals surface area contributed by atoms with E-state index in [1.54, 1.807) is 4.88 Å². The molecule has 1 nitrogen and oxygen atoms in total. The molecule has 1 aromatic rings. The third-order valence-corrected chi connectivity index (χ3v) is 7.02. The van der Waals surface area contributed by atoms with Crippen molar-refractivity contribution in [1.29, 1.82) is 0 Å². The third-order valence-electron chi connectivity index (χ3n) is 5.90. The van der Waals surface area contributed by atoms with Crippen LogP contribution in [0.4, 0.5) is 0 Å². The van der Waals surface area contributed by atoms with Crippen molar-refractivity contribution in [1.82, 2.24) is 0 Å². The highest BCUT2D eigenvalue weighted by Crippen LogP contribution is 2.67. The van der Waals surface area contributed by atoms with E-state index in [0.717, 1.165) is 18.4 Å². The van der Waals surface area contributed by atoms with Crippen LogP contribution in [0.3, 0.4) is 0 Å². The molecule has 1 aromatic heterocycles. The summed E-state index contributed by atoms with van der Waals surface area (Å²) in [6.07, 6.45) is 10.1. The lowest BCUT2D eigenvalue weighted by molar-refractivity contribution is -0.0736. The van der Waals surface area contributed by atoms with E-state index in [2.05, 4.69) is 17.5 Å². The van der Waals surface area contributed by atoms with Crippen LogP contribution in [-0.4, -0.2) is 6.54 Å². The van der Waals surface area contributed by atoms with Gasteiger partial charge in [-0.2, -0.15) is 0 Å². The van der Waals surface area contributed by atoms with Crippen molar-refractivity contribution < 1.29 is 0 Å². The van der Waals surface area contributed by atoms with E-state index in [1.165, 1.54) is 44.9 Å². The minimum atomic E-state index is 0.549. The van der Waals surface area contributed by atoms with E-state index in [9.17, 15) is 0 Å². The van der Waals surface area contributed by atoms with Gasteiger partial charge in [0.25, 0.3) is 0 Å². The molecule has 2 heteroatoms. The molecule has 2 unspecified atom stereocenters. The van der Waals surface area contributed by atoms with Crippen LogP contribution in [0.1, 0.15) is 49.8 Å². The Bertz CT molecular complexity index is 422. The molecule has 1 heterocycles. The average molecular weight is 261 g/mol. The van der Waals surface area contributed by atoms with Gasteiger partial charge >= 0.3 is 0 Å². The van der Waals surface area contributed by atoms with Gasteiger partial charge in [-0.15, -0.1) is 11.3 Å². The third kappa shape index (κ3) is 1.55. The summed E-state index contributed by atoms with van der Waals surface area (Å²) < 4.78 is 0. The lowest BCUT2D eigenvalue weighted by atomic mass is 9.43. The zero-order valence-corrected chi connectivity index (χ0v) is 11.8. The van der Waals surface area contributed by atoms with Gasteiger partial charge in [0.05, 0.1) is 0 Å². The van der Waals surface area contributed by atoms with Gasteiger partial charge in [0.15, 0.2) is 0 Å². The predicted octanol–water partition coefficient (Wildman–Crippen LogP) is 3.93. The fraction of sp³-hybridized carbons (Fsp3) is 0.750. The molecule has 4 saturated carbocycles. The number of hydrogen-bond donors (Lipinski definition) is 1. The predicted molar refractivity (Wildman–Crippen MR) is 76.8 cm³/mol. The van der Waals surface area contributed by atoms with Crippen LogP contribution in [0.2, 0.25) is 0 Å². The molecule has 4 fully saturated rings. The lowest BCUT2D eigenvalue weighted by Crippen LogP contribution is -2.54. The maximum atomic E-state index is 5.91. The molecule has 4 aliphatic carbocycles. The van der Waals surface area contributed by atoms with E-state index in [-0.39, 0.29) is 0 Å². The lowest BCUT2D eigenvalue weighted by Gasteiger charge is -2.62. The fourth-order valence-electron chi connectivity index (χ4n) is 5.92. The van der Waals surface area contributed by atoms with Crippen LogP contribution in [0.15, 0.2) is 17.5 Å². The summed E-state index contributed by atoms with van der Waals surface area (Å²) in [4.78, 5) is 1.68. The van der Waals surface area contributed by atoms with Crippen LogP contribution in [0.5, 0.6) is 0 Å². The topological polar surface area (TPSA) is 26.0 Å². The first-order valence-corrected chi connectivity index (χ1v) is 8.36. The van der Waals surface area contributed by atoms with E-state index >= 15 is 0 Å². The minimum absolute atomic E-state index is 0.549. The molecular weight excluding hydrogens is 238 g/mol. The smallest absolute Gasteiger partial charge is 0.0107 e. The number of nitrogens with two attached hydrogens (primary N) is 1. The van der Waals surface area contributed by atoms with Gasteiger partial charge in [0, 0.05) is 10.3 Å². The van der Waals surface area contributed by atoms with Crippen molar-refractivity contribution in [2.75, 3.05) is 6.54 Å². The molecule has 0 saturated heterocycles. The van der Waals surface area contributed by atoms with E-state index < -0.39 is 0 Å². The molecule has 4 bridgehead atoms. The van der Waals surface area contributed by atoms with E-state index in [0.29, 0.717) is 10.8 Å². The van der Waals surface area contributed by atoms with Crippen molar-refractivity contribution in [2.45, 2.75) is 50.4 Å². The Labute approximate surface area is 114 Å².